The van der Waals surface area contributed by atoms with Crippen molar-refractivity contribution >= 4 is 12.4 Å². The average molecular weight is 316 g/mol. The molecule has 0 aliphatic heterocycles. The van der Waals surface area contributed by atoms with E-state index < -0.39 is 42.8 Å². The van der Waals surface area contributed by atoms with Gasteiger partial charge in [-0.1, -0.05) is 0 Å². The first kappa shape index (κ1) is 17.8. The van der Waals surface area contributed by atoms with Crippen molar-refractivity contribution in [3.8, 4) is 5.88 Å². The zero-order valence-corrected chi connectivity index (χ0v) is 11.3. The molecule has 122 valence electrons. The number of aromatic nitrogens is 2. The minimum absolute atomic E-state index is 0.170. The molecular weight excluding hydrogens is 300 g/mol. The third kappa shape index (κ3) is 4.63. The summed E-state index contributed by atoms with van der Waals surface area (Å²) in [5.41, 5.74) is -1.85. The Hall–Kier alpha value is -2.27. The summed E-state index contributed by atoms with van der Waals surface area (Å²) < 4.78 is 5.03. The molecule has 0 amide bonds. The van der Waals surface area contributed by atoms with Gasteiger partial charge in [0.2, 0.25) is 5.88 Å². The zero-order valence-electron chi connectivity index (χ0n) is 11.3. The maximum absolute atomic E-state index is 11.6. The molecule has 10 heteroatoms. The van der Waals surface area contributed by atoms with E-state index in [-0.39, 0.29) is 11.4 Å². The van der Waals surface area contributed by atoms with Gasteiger partial charge in [0.05, 0.1) is 6.61 Å². The molecule has 0 aliphatic rings. The Morgan fingerprint density at radius 3 is 2.41 bits per heavy atom. The predicted octanol–water partition coefficient (Wildman–Crippen LogP) is -3.27. The number of allylic oxidation sites excluding steroid dienone is 1. The standard InChI is InChI=1S/C12H16N2O8/c15-3-1-2-6-10(20)13-12(21)14-11(6)22-5-8(18)9(19)7(17)4-16/h1-3,7-9,16-19H,4-5H2,(H2,13,14,20,21). The second-order valence-electron chi connectivity index (χ2n) is 4.27. The van der Waals surface area contributed by atoms with E-state index in [4.69, 9.17) is 9.84 Å². The van der Waals surface area contributed by atoms with Gasteiger partial charge in [-0.25, -0.2) is 4.79 Å². The molecule has 1 heterocycles. The Kier molecular flexibility index (Phi) is 6.66. The summed E-state index contributed by atoms with van der Waals surface area (Å²) in [6, 6.07) is 0. The SMILES string of the molecule is O=CC=Cc1c(OCC(O)C(O)C(O)CO)[nH]c(=O)[nH]c1=O. The number of H-pyrrole nitrogens is 2. The van der Waals surface area contributed by atoms with E-state index in [1.165, 1.54) is 0 Å². The number of nitrogens with one attached hydrogen (secondary N) is 2. The lowest BCUT2D eigenvalue weighted by Crippen LogP contribution is -2.42. The molecule has 1 aromatic rings. The fourth-order valence-electron chi connectivity index (χ4n) is 1.51. The van der Waals surface area contributed by atoms with Crippen molar-refractivity contribution < 1.29 is 30.0 Å². The van der Waals surface area contributed by atoms with Crippen LogP contribution >= 0.6 is 0 Å². The minimum Gasteiger partial charge on any atom is -0.475 e. The Balaban J connectivity index is 2.93. The van der Waals surface area contributed by atoms with Gasteiger partial charge in [-0.3, -0.25) is 19.6 Å². The van der Waals surface area contributed by atoms with Crippen molar-refractivity contribution in [1.29, 1.82) is 0 Å². The first-order valence-electron chi connectivity index (χ1n) is 6.17. The van der Waals surface area contributed by atoms with Crippen molar-refractivity contribution in [1.82, 2.24) is 9.97 Å². The van der Waals surface area contributed by atoms with Crippen molar-refractivity contribution in [2.24, 2.45) is 0 Å². The maximum Gasteiger partial charge on any atom is 0.328 e. The summed E-state index contributed by atoms with van der Waals surface area (Å²) in [5, 5.41) is 36.9. The highest BCUT2D eigenvalue weighted by atomic mass is 16.5. The number of aliphatic hydroxyl groups excluding tert-OH is 4. The smallest absolute Gasteiger partial charge is 0.328 e. The number of aldehydes is 1. The first-order valence-corrected chi connectivity index (χ1v) is 6.17. The van der Waals surface area contributed by atoms with Gasteiger partial charge in [-0.05, 0) is 12.2 Å². The Morgan fingerprint density at radius 1 is 1.14 bits per heavy atom. The highest BCUT2D eigenvalue weighted by molar-refractivity contribution is 5.74. The monoisotopic (exact) mass is 316 g/mol. The van der Waals surface area contributed by atoms with Crippen LogP contribution in [0.4, 0.5) is 0 Å². The lowest BCUT2D eigenvalue weighted by atomic mass is 10.1. The second-order valence-corrected chi connectivity index (χ2v) is 4.27. The van der Waals surface area contributed by atoms with Crippen LogP contribution in [0, 0.1) is 0 Å². The highest BCUT2D eigenvalue weighted by Gasteiger charge is 2.25. The average Bonchev–Trinajstić information content (AvgIpc) is 2.49. The van der Waals surface area contributed by atoms with Crippen LogP contribution in [0.5, 0.6) is 5.88 Å². The molecule has 22 heavy (non-hydrogen) atoms. The van der Waals surface area contributed by atoms with Gasteiger partial charge >= 0.3 is 5.69 Å². The number of aromatic amines is 2. The van der Waals surface area contributed by atoms with Crippen LogP contribution in [0.25, 0.3) is 6.08 Å². The van der Waals surface area contributed by atoms with Gasteiger partial charge in [0.25, 0.3) is 5.56 Å². The molecule has 1 rings (SSSR count). The molecule has 0 aliphatic carbocycles. The number of carbonyl (C=O) groups is 1. The van der Waals surface area contributed by atoms with Gasteiger partial charge < -0.3 is 25.2 Å². The largest absolute Gasteiger partial charge is 0.475 e. The van der Waals surface area contributed by atoms with Gasteiger partial charge in [0.1, 0.15) is 36.8 Å². The summed E-state index contributed by atoms with van der Waals surface area (Å²) in [6.45, 7) is -1.35. The van der Waals surface area contributed by atoms with Crippen LogP contribution in [0.2, 0.25) is 0 Å². The van der Waals surface area contributed by atoms with Gasteiger partial charge in [-0.15, -0.1) is 0 Å². The molecule has 0 fully saturated rings. The Bertz CT molecular complexity index is 635. The summed E-state index contributed by atoms with van der Waals surface area (Å²) in [5.74, 6) is -0.323. The molecule has 0 saturated carbocycles. The summed E-state index contributed by atoms with van der Waals surface area (Å²) in [4.78, 5) is 37.2. The van der Waals surface area contributed by atoms with Crippen LogP contribution in [0.3, 0.4) is 0 Å². The fourth-order valence-corrected chi connectivity index (χ4v) is 1.51. The highest BCUT2D eigenvalue weighted by Crippen LogP contribution is 2.11. The number of carbonyl (C=O) groups excluding carboxylic acids is 1. The lowest BCUT2D eigenvalue weighted by molar-refractivity contribution is -0.104. The number of hydrogen-bond acceptors (Lipinski definition) is 8. The van der Waals surface area contributed by atoms with E-state index in [2.05, 4.69) is 4.98 Å². The fraction of sp³-hybridized carbons (Fsp3) is 0.417. The van der Waals surface area contributed by atoms with Crippen LogP contribution in [0.15, 0.2) is 15.7 Å². The molecule has 0 aromatic carbocycles. The van der Waals surface area contributed by atoms with Gasteiger partial charge in [-0.2, -0.15) is 0 Å². The zero-order chi connectivity index (χ0) is 16.7. The number of rotatable bonds is 8. The van der Waals surface area contributed by atoms with Crippen molar-refractivity contribution in [3.63, 3.8) is 0 Å². The topological polar surface area (TPSA) is 173 Å². The molecule has 6 N–H and O–H groups in total. The maximum atomic E-state index is 11.6. The van der Waals surface area contributed by atoms with E-state index in [1.54, 1.807) is 0 Å². The van der Waals surface area contributed by atoms with E-state index in [0.29, 0.717) is 6.29 Å². The molecular formula is C12H16N2O8. The van der Waals surface area contributed by atoms with E-state index in [1.807, 2.05) is 4.98 Å². The van der Waals surface area contributed by atoms with Crippen LogP contribution < -0.4 is 16.0 Å². The molecule has 0 spiro atoms. The van der Waals surface area contributed by atoms with E-state index >= 15 is 0 Å². The normalized spacial score (nSPS) is 15.5. The lowest BCUT2D eigenvalue weighted by Gasteiger charge is -2.21. The second kappa shape index (κ2) is 8.24. The van der Waals surface area contributed by atoms with Gasteiger partial charge in [0, 0.05) is 0 Å². The molecule has 0 radical (unpaired) electrons. The number of aliphatic hydroxyl groups is 4. The molecule has 1 aromatic heterocycles. The van der Waals surface area contributed by atoms with Crippen LogP contribution in [-0.2, 0) is 4.79 Å². The molecule has 0 bridgehead atoms. The van der Waals surface area contributed by atoms with Gasteiger partial charge in [0.15, 0.2) is 0 Å². The quantitative estimate of drug-likeness (QED) is 0.214. The van der Waals surface area contributed by atoms with Crippen molar-refractivity contribution in [3.05, 3.63) is 32.5 Å². The Labute approximate surface area is 123 Å². The summed E-state index contributed by atoms with van der Waals surface area (Å²) in [7, 11) is 0. The predicted molar refractivity (Wildman–Crippen MR) is 73.4 cm³/mol. The summed E-state index contributed by atoms with van der Waals surface area (Å²) in [6.07, 6.45) is -2.37. The van der Waals surface area contributed by atoms with E-state index in [9.17, 15) is 29.7 Å². The van der Waals surface area contributed by atoms with Crippen molar-refractivity contribution in [2.45, 2.75) is 18.3 Å². The third-order valence-electron chi connectivity index (χ3n) is 2.66. The Morgan fingerprint density at radius 2 is 1.82 bits per heavy atom. The molecule has 3 unspecified atom stereocenters. The van der Waals surface area contributed by atoms with Crippen LogP contribution in [-0.4, -0.2) is 68.2 Å². The molecule has 3 atom stereocenters. The molecule has 10 nitrogen and oxygen atoms in total. The molecule has 0 saturated heterocycles. The van der Waals surface area contributed by atoms with Crippen LogP contribution in [0.1, 0.15) is 5.56 Å². The summed E-state index contributed by atoms with van der Waals surface area (Å²) >= 11 is 0. The number of hydrogen-bond donors (Lipinski definition) is 6. The van der Waals surface area contributed by atoms with Crippen molar-refractivity contribution in [2.75, 3.05) is 13.2 Å². The first-order chi connectivity index (χ1) is 10.4. The minimum atomic E-state index is -1.69. The van der Waals surface area contributed by atoms with E-state index in [0.717, 1.165) is 12.2 Å². The number of ether oxygens (including phenoxy) is 1. The third-order valence-corrected chi connectivity index (χ3v) is 2.66.